The summed E-state index contributed by atoms with van der Waals surface area (Å²) in [6.45, 7) is -0.528. The number of alkyl halides is 2. The maximum atomic E-state index is 13.9. The first-order valence-electron chi connectivity index (χ1n) is 5.16. The first-order valence-corrected chi connectivity index (χ1v) is 5.16. The van der Waals surface area contributed by atoms with Crippen LogP contribution in [0.1, 0.15) is 15.9 Å². The van der Waals surface area contributed by atoms with Gasteiger partial charge in [-0.2, -0.15) is 8.78 Å². The normalized spacial score (nSPS) is 11.4. The number of carbonyl (C=O) groups is 1. The summed E-state index contributed by atoms with van der Waals surface area (Å²) in [6.07, 6.45) is 4.17. The van der Waals surface area contributed by atoms with Crippen molar-refractivity contribution in [2.24, 2.45) is 0 Å². The Morgan fingerprint density at radius 3 is 2.50 bits per heavy atom. The molecule has 0 atom stereocenters. The summed E-state index contributed by atoms with van der Waals surface area (Å²) >= 11 is 0. The number of benzene rings is 1. The number of halogens is 2. The van der Waals surface area contributed by atoms with Gasteiger partial charge in [-0.05, 0) is 12.1 Å². The summed E-state index contributed by atoms with van der Waals surface area (Å²) in [5.74, 6) is -4.21. The summed E-state index contributed by atoms with van der Waals surface area (Å²) in [6, 6.07) is 4.58. The maximum absolute atomic E-state index is 13.9. The second kappa shape index (κ2) is 4.56. The Hall–Kier alpha value is -2.24. The molecule has 0 saturated carbocycles. The van der Waals surface area contributed by atoms with E-state index >= 15 is 0 Å². The van der Waals surface area contributed by atoms with E-state index in [0.29, 0.717) is 0 Å². The number of hydrogen-bond donors (Lipinski definition) is 1. The molecule has 1 aromatic heterocycles. The number of carboxylic acid groups (broad SMARTS) is 1. The molecule has 0 radical (unpaired) electrons. The number of hydrogen-bond acceptors (Lipinski definition) is 2. The minimum absolute atomic E-state index is 0.0165. The van der Waals surface area contributed by atoms with Crippen molar-refractivity contribution >= 4 is 5.97 Å². The third kappa shape index (κ3) is 2.53. The summed E-state index contributed by atoms with van der Waals surface area (Å²) in [7, 11) is 0. The van der Waals surface area contributed by atoms with Crippen LogP contribution in [0.25, 0.3) is 0 Å². The van der Waals surface area contributed by atoms with Gasteiger partial charge in [0.25, 0.3) is 5.92 Å². The van der Waals surface area contributed by atoms with Crippen LogP contribution in [0.2, 0.25) is 0 Å². The van der Waals surface area contributed by atoms with E-state index in [4.69, 9.17) is 5.11 Å². The van der Waals surface area contributed by atoms with Gasteiger partial charge < -0.3 is 9.67 Å². The fourth-order valence-corrected chi connectivity index (χ4v) is 1.56. The van der Waals surface area contributed by atoms with E-state index in [1.54, 1.807) is 0 Å². The topological polar surface area (TPSA) is 55.1 Å². The summed E-state index contributed by atoms with van der Waals surface area (Å²) in [4.78, 5) is 14.3. The highest BCUT2D eigenvalue weighted by Crippen LogP contribution is 2.29. The molecule has 1 N–H and O–H groups in total. The van der Waals surface area contributed by atoms with Crippen LogP contribution in [0.15, 0.2) is 43.0 Å². The lowest BCUT2D eigenvalue weighted by atomic mass is 10.1. The van der Waals surface area contributed by atoms with E-state index < -0.39 is 18.4 Å². The van der Waals surface area contributed by atoms with Gasteiger partial charge in [0.1, 0.15) is 0 Å². The van der Waals surface area contributed by atoms with Gasteiger partial charge in [-0.1, -0.05) is 12.1 Å². The highest BCUT2D eigenvalue weighted by atomic mass is 19.3. The van der Waals surface area contributed by atoms with Gasteiger partial charge in [0.2, 0.25) is 0 Å². The van der Waals surface area contributed by atoms with Crippen LogP contribution in [0.3, 0.4) is 0 Å². The van der Waals surface area contributed by atoms with E-state index in [-0.39, 0.29) is 11.1 Å². The Labute approximate surface area is 102 Å². The molecule has 1 heterocycles. The van der Waals surface area contributed by atoms with Crippen LogP contribution < -0.4 is 0 Å². The van der Waals surface area contributed by atoms with E-state index in [1.807, 2.05) is 0 Å². The van der Waals surface area contributed by atoms with Crippen molar-refractivity contribution in [1.29, 1.82) is 0 Å². The van der Waals surface area contributed by atoms with Gasteiger partial charge in [0, 0.05) is 18.0 Å². The van der Waals surface area contributed by atoms with E-state index in [9.17, 15) is 13.6 Å². The summed E-state index contributed by atoms with van der Waals surface area (Å²) in [5, 5.41) is 8.69. The largest absolute Gasteiger partial charge is 0.478 e. The Morgan fingerprint density at radius 2 is 2.00 bits per heavy atom. The number of carboxylic acids is 1. The Morgan fingerprint density at radius 1 is 1.33 bits per heavy atom. The van der Waals surface area contributed by atoms with Crippen molar-refractivity contribution in [3.63, 3.8) is 0 Å². The second-order valence-corrected chi connectivity index (χ2v) is 3.82. The predicted octanol–water partition coefficient (Wildman–Crippen LogP) is 2.37. The zero-order valence-electron chi connectivity index (χ0n) is 9.25. The highest BCUT2D eigenvalue weighted by Gasteiger charge is 2.31. The average Bonchev–Trinajstić information content (AvgIpc) is 2.81. The van der Waals surface area contributed by atoms with Crippen LogP contribution in [0.4, 0.5) is 8.78 Å². The van der Waals surface area contributed by atoms with Crippen molar-refractivity contribution in [2.45, 2.75) is 12.5 Å². The molecular weight excluding hydrogens is 242 g/mol. The van der Waals surface area contributed by atoms with Crippen molar-refractivity contribution in [1.82, 2.24) is 9.55 Å². The molecule has 0 aliphatic carbocycles. The zero-order valence-corrected chi connectivity index (χ0v) is 9.25. The monoisotopic (exact) mass is 252 g/mol. The molecule has 0 aliphatic rings. The van der Waals surface area contributed by atoms with Crippen molar-refractivity contribution in [2.75, 3.05) is 0 Å². The lowest BCUT2D eigenvalue weighted by molar-refractivity contribution is -0.0223. The quantitative estimate of drug-likeness (QED) is 0.908. The van der Waals surface area contributed by atoms with E-state index in [0.717, 1.165) is 12.1 Å². The third-order valence-electron chi connectivity index (χ3n) is 2.49. The minimum Gasteiger partial charge on any atom is -0.478 e. The molecule has 1 aromatic carbocycles. The Balaban J connectivity index is 2.21. The molecule has 18 heavy (non-hydrogen) atoms. The van der Waals surface area contributed by atoms with Crippen molar-refractivity contribution in [3.05, 3.63) is 54.1 Å². The maximum Gasteiger partial charge on any atom is 0.335 e. The van der Waals surface area contributed by atoms with Gasteiger partial charge in [0.05, 0.1) is 18.4 Å². The van der Waals surface area contributed by atoms with Crippen LogP contribution in [0.5, 0.6) is 0 Å². The highest BCUT2D eigenvalue weighted by molar-refractivity contribution is 5.87. The molecule has 6 heteroatoms. The van der Waals surface area contributed by atoms with Crippen LogP contribution in [-0.2, 0) is 12.5 Å². The van der Waals surface area contributed by atoms with Gasteiger partial charge >= 0.3 is 5.97 Å². The lowest BCUT2D eigenvalue weighted by Gasteiger charge is -2.17. The predicted molar refractivity (Wildman–Crippen MR) is 59.5 cm³/mol. The van der Waals surface area contributed by atoms with Crippen LogP contribution in [-0.4, -0.2) is 20.6 Å². The Kier molecular flexibility index (Phi) is 3.10. The molecule has 0 unspecified atom stereocenters. The number of imidazole rings is 1. The van der Waals surface area contributed by atoms with Gasteiger partial charge in [-0.15, -0.1) is 0 Å². The molecule has 0 fully saturated rings. The molecule has 2 rings (SSSR count). The number of aromatic carboxylic acids is 1. The van der Waals surface area contributed by atoms with Crippen molar-refractivity contribution in [3.8, 4) is 0 Å². The molecule has 0 bridgehead atoms. The molecule has 0 amide bonds. The zero-order chi connectivity index (χ0) is 13.2. The average molecular weight is 252 g/mol. The minimum atomic E-state index is -3.07. The smallest absolute Gasteiger partial charge is 0.335 e. The molecule has 94 valence electrons. The molecule has 0 spiro atoms. The third-order valence-corrected chi connectivity index (χ3v) is 2.49. The SMILES string of the molecule is O=C(O)c1ccc(C(F)(F)Cn2ccnc2)cc1. The standard InChI is InChI=1S/C12H10F2N2O2/c13-12(14,7-16-6-5-15-8-16)10-3-1-9(2-4-10)11(17)18/h1-6,8H,7H2,(H,17,18). The van der Waals surface area contributed by atoms with Gasteiger partial charge in [-0.3, -0.25) is 0 Å². The molecule has 2 aromatic rings. The van der Waals surface area contributed by atoms with Crippen LogP contribution in [0, 0.1) is 0 Å². The summed E-state index contributed by atoms with van der Waals surface area (Å²) < 4.78 is 29.0. The van der Waals surface area contributed by atoms with E-state index in [2.05, 4.69) is 4.98 Å². The second-order valence-electron chi connectivity index (χ2n) is 3.82. The molecule has 0 saturated heterocycles. The lowest BCUT2D eigenvalue weighted by Crippen LogP contribution is -2.20. The first-order chi connectivity index (χ1) is 8.49. The van der Waals surface area contributed by atoms with E-state index in [1.165, 1.54) is 35.4 Å². The number of rotatable bonds is 4. The molecule has 4 nitrogen and oxygen atoms in total. The summed E-state index contributed by atoms with van der Waals surface area (Å²) in [5.41, 5.74) is -0.238. The fraction of sp³-hybridized carbons (Fsp3) is 0.167. The number of aromatic nitrogens is 2. The molecule has 0 aliphatic heterocycles. The molecular formula is C12H10F2N2O2. The van der Waals surface area contributed by atoms with Crippen LogP contribution >= 0.6 is 0 Å². The van der Waals surface area contributed by atoms with Crippen molar-refractivity contribution < 1.29 is 18.7 Å². The Bertz CT molecular complexity index is 536. The van der Waals surface area contributed by atoms with Gasteiger partial charge in [-0.25, -0.2) is 9.78 Å². The fourth-order valence-electron chi connectivity index (χ4n) is 1.56. The van der Waals surface area contributed by atoms with Gasteiger partial charge in [0.15, 0.2) is 0 Å². The first kappa shape index (κ1) is 12.2. The number of nitrogens with zero attached hydrogens (tertiary/aromatic N) is 2.